The van der Waals surface area contributed by atoms with Gasteiger partial charge in [-0.3, -0.25) is 9.59 Å². The molecule has 2 amide bonds. The van der Waals surface area contributed by atoms with Crippen molar-refractivity contribution in [1.29, 1.82) is 0 Å². The van der Waals surface area contributed by atoms with E-state index in [2.05, 4.69) is 4.99 Å². The van der Waals surface area contributed by atoms with E-state index in [9.17, 15) is 9.59 Å². The fourth-order valence-corrected chi connectivity index (χ4v) is 6.55. The van der Waals surface area contributed by atoms with E-state index in [1.165, 1.54) is 38.5 Å². The van der Waals surface area contributed by atoms with Gasteiger partial charge in [-0.2, -0.15) is 0 Å². The lowest BCUT2D eigenvalue weighted by atomic mass is 9.49. The summed E-state index contributed by atoms with van der Waals surface area (Å²) in [4.78, 5) is 31.4. The topological polar surface area (TPSA) is 62.9 Å². The minimum absolute atomic E-state index is 0.130. The highest BCUT2D eigenvalue weighted by molar-refractivity contribution is 6.17. The second-order valence-corrected chi connectivity index (χ2v) is 9.26. The molecule has 1 unspecified atom stereocenters. The summed E-state index contributed by atoms with van der Waals surface area (Å²) in [6.07, 6.45) is 12.9. The maximum atomic E-state index is 13.0. The Morgan fingerprint density at radius 2 is 1.89 bits per heavy atom. The van der Waals surface area contributed by atoms with E-state index < -0.39 is 11.8 Å². The van der Waals surface area contributed by atoms with Crippen LogP contribution >= 0.6 is 0 Å². The molecule has 4 fully saturated rings. The summed E-state index contributed by atoms with van der Waals surface area (Å²) >= 11 is 0. The number of hydrogen-bond acceptors (Lipinski definition) is 3. The molecule has 4 saturated carbocycles. The number of nitrogens with zero attached hydrogens (tertiary/aromatic N) is 2. The van der Waals surface area contributed by atoms with Crippen LogP contribution in [0.2, 0.25) is 0 Å². The Morgan fingerprint density at radius 1 is 1.22 bits per heavy atom. The largest absolute Gasteiger partial charge is 0.463 e. The van der Waals surface area contributed by atoms with Crippen LogP contribution in [0.5, 0.6) is 0 Å². The average molecular weight is 366 g/mol. The lowest BCUT2D eigenvalue weighted by Crippen LogP contribution is -2.52. The molecule has 0 radical (unpaired) electrons. The van der Waals surface area contributed by atoms with E-state index in [1.807, 2.05) is 7.05 Å². The summed E-state index contributed by atoms with van der Waals surface area (Å²) in [6.45, 7) is 0.779. The highest BCUT2D eigenvalue weighted by Gasteiger charge is 2.51. The molecule has 1 atom stereocenters. The van der Waals surface area contributed by atoms with Gasteiger partial charge >= 0.3 is 0 Å². The minimum atomic E-state index is -0.803. The average Bonchev–Trinajstić information content (AvgIpc) is 3.14. The molecule has 1 aromatic rings. The summed E-state index contributed by atoms with van der Waals surface area (Å²) < 4.78 is 5.29. The first kappa shape index (κ1) is 17.0. The molecule has 5 heteroatoms. The number of carbonyl (C=O) groups excluding carboxylic acids is 2. The summed E-state index contributed by atoms with van der Waals surface area (Å²) in [6, 6.07) is 3.52. The molecular weight excluding hydrogens is 340 g/mol. The molecule has 4 bridgehead atoms. The van der Waals surface area contributed by atoms with Gasteiger partial charge in [-0.15, -0.1) is 0 Å². The smallest absolute Gasteiger partial charge is 0.262 e. The first-order valence-corrected chi connectivity index (χ1v) is 10.1. The van der Waals surface area contributed by atoms with E-state index >= 15 is 0 Å². The highest BCUT2D eigenvalue weighted by atomic mass is 16.3. The van der Waals surface area contributed by atoms with E-state index in [-0.39, 0.29) is 11.3 Å². The quantitative estimate of drug-likeness (QED) is 0.767. The van der Waals surface area contributed by atoms with Crippen molar-refractivity contribution in [2.45, 2.75) is 38.5 Å². The predicted molar refractivity (Wildman–Crippen MR) is 101 cm³/mol. The normalized spacial score (nSPS) is 36.8. The van der Waals surface area contributed by atoms with Crippen LogP contribution in [0.15, 0.2) is 40.0 Å². The summed E-state index contributed by atoms with van der Waals surface area (Å²) in [7, 11) is 1.85. The van der Waals surface area contributed by atoms with E-state index in [1.54, 1.807) is 35.4 Å². The van der Waals surface area contributed by atoms with Crippen LogP contribution in [0.4, 0.5) is 0 Å². The highest BCUT2D eigenvalue weighted by Crippen LogP contribution is 2.60. The Bertz CT molecular complexity index is 785. The standard InChI is InChI=1S/C22H26N2O3/c1-24(13-22-10-14-7-15(11-22)9-16(8-14)12-22)21(26)17-4-5-18(23-20(17)25)19-3-2-6-27-19/h2-6,14-17H,7-13H2,1H3. The van der Waals surface area contributed by atoms with E-state index in [4.69, 9.17) is 4.42 Å². The number of hydrogen-bond donors (Lipinski definition) is 0. The Labute approximate surface area is 159 Å². The van der Waals surface area contributed by atoms with Crippen LogP contribution < -0.4 is 0 Å². The zero-order valence-electron chi connectivity index (χ0n) is 15.8. The van der Waals surface area contributed by atoms with Crippen molar-refractivity contribution in [3.8, 4) is 0 Å². The van der Waals surface area contributed by atoms with Crippen molar-refractivity contribution in [3.05, 3.63) is 36.3 Å². The van der Waals surface area contributed by atoms with Gasteiger partial charge in [0.25, 0.3) is 5.91 Å². The van der Waals surface area contributed by atoms with Gasteiger partial charge in [0.15, 0.2) is 5.76 Å². The number of aliphatic imine (C=N–C) groups is 1. The van der Waals surface area contributed by atoms with Gasteiger partial charge in [-0.25, -0.2) is 4.99 Å². The Kier molecular flexibility index (Phi) is 3.88. The van der Waals surface area contributed by atoms with Crippen LogP contribution in [0.1, 0.15) is 44.3 Å². The van der Waals surface area contributed by atoms with Crippen molar-refractivity contribution in [2.75, 3.05) is 13.6 Å². The van der Waals surface area contributed by atoms with Crippen LogP contribution in [0, 0.1) is 29.1 Å². The Morgan fingerprint density at radius 3 is 2.44 bits per heavy atom. The fraction of sp³-hybridized carbons (Fsp3) is 0.591. The number of dihydropyridines is 1. The number of furan rings is 1. The molecule has 4 aliphatic carbocycles. The molecule has 1 aliphatic heterocycles. The third-order valence-electron chi connectivity index (χ3n) is 7.10. The van der Waals surface area contributed by atoms with Gasteiger partial charge in [-0.05, 0) is 79.9 Å². The van der Waals surface area contributed by atoms with Gasteiger partial charge in [-0.1, -0.05) is 6.08 Å². The van der Waals surface area contributed by atoms with Crippen molar-refractivity contribution >= 4 is 17.5 Å². The summed E-state index contributed by atoms with van der Waals surface area (Å²) in [5.74, 6) is 1.79. The molecule has 2 heterocycles. The zero-order valence-corrected chi connectivity index (χ0v) is 15.8. The van der Waals surface area contributed by atoms with Gasteiger partial charge in [0.1, 0.15) is 11.6 Å². The number of carbonyl (C=O) groups is 2. The van der Waals surface area contributed by atoms with Crippen molar-refractivity contribution in [1.82, 2.24) is 4.90 Å². The van der Waals surface area contributed by atoms with Crippen molar-refractivity contribution in [2.24, 2.45) is 34.1 Å². The second kappa shape index (κ2) is 6.18. The van der Waals surface area contributed by atoms with Crippen molar-refractivity contribution < 1.29 is 14.0 Å². The SMILES string of the molecule is CN(CC12CC3CC(CC(C3)C1)C2)C(=O)C1C=CC(c2ccco2)=NC1=O. The summed E-state index contributed by atoms with van der Waals surface area (Å²) in [5, 5.41) is 0. The monoisotopic (exact) mass is 366 g/mol. The van der Waals surface area contributed by atoms with Crippen LogP contribution in [0.25, 0.3) is 0 Å². The van der Waals surface area contributed by atoms with E-state index in [0.29, 0.717) is 11.5 Å². The number of rotatable bonds is 4. The Hall–Kier alpha value is -2.17. The molecule has 6 rings (SSSR count). The van der Waals surface area contributed by atoms with Crippen LogP contribution in [-0.4, -0.2) is 36.0 Å². The molecular formula is C22H26N2O3. The van der Waals surface area contributed by atoms with Crippen molar-refractivity contribution in [3.63, 3.8) is 0 Å². The van der Waals surface area contributed by atoms with Gasteiger partial charge in [0.2, 0.25) is 5.91 Å². The van der Waals surface area contributed by atoms with Crippen LogP contribution in [0.3, 0.4) is 0 Å². The lowest BCUT2D eigenvalue weighted by molar-refractivity contribution is -0.142. The molecule has 27 heavy (non-hydrogen) atoms. The maximum Gasteiger partial charge on any atom is 0.262 e. The van der Waals surface area contributed by atoms with Gasteiger partial charge in [0, 0.05) is 13.6 Å². The van der Waals surface area contributed by atoms with Gasteiger partial charge in [0.05, 0.1) is 6.26 Å². The van der Waals surface area contributed by atoms with Gasteiger partial charge < -0.3 is 9.32 Å². The fourth-order valence-electron chi connectivity index (χ4n) is 6.55. The summed E-state index contributed by atoms with van der Waals surface area (Å²) in [5.41, 5.74) is 0.765. The zero-order chi connectivity index (χ0) is 18.6. The first-order valence-electron chi connectivity index (χ1n) is 10.1. The molecule has 0 saturated heterocycles. The number of allylic oxidation sites excluding steroid dienone is 1. The molecule has 142 valence electrons. The predicted octanol–water partition coefficient (Wildman–Crippen LogP) is 3.46. The lowest BCUT2D eigenvalue weighted by Gasteiger charge is -2.57. The molecule has 5 nitrogen and oxygen atoms in total. The Balaban J connectivity index is 1.28. The first-order chi connectivity index (χ1) is 13.0. The third-order valence-corrected chi connectivity index (χ3v) is 7.10. The second-order valence-electron chi connectivity index (χ2n) is 9.26. The number of amides is 2. The molecule has 0 N–H and O–H groups in total. The molecule has 1 aromatic heterocycles. The third kappa shape index (κ3) is 2.97. The van der Waals surface area contributed by atoms with E-state index in [0.717, 1.165) is 24.3 Å². The molecule has 0 aromatic carbocycles. The maximum absolute atomic E-state index is 13.0. The minimum Gasteiger partial charge on any atom is -0.463 e. The van der Waals surface area contributed by atoms with Crippen LogP contribution in [-0.2, 0) is 9.59 Å². The molecule has 0 spiro atoms. The molecule has 5 aliphatic rings.